The van der Waals surface area contributed by atoms with E-state index in [0.29, 0.717) is 0 Å². The first kappa shape index (κ1) is 16.6. The molecule has 0 amide bonds. The number of benzene rings is 2. The molecule has 0 saturated carbocycles. The van der Waals surface area contributed by atoms with Crippen molar-refractivity contribution in [2.45, 2.75) is 26.7 Å². The van der Waals surface area contributed by atoms with Gasteiger partial charge in [0.05, 0.1) is 17.3 Å². The molecule has 3 aromatic heterocycles. The minimum absolute atomic E-state index is 0.793. The van der Waals surface area contributed by atoms with Gasteiger partial charge in [-0.1, -0.05) is 48.0 Å². The van der Waals surface area contributed by atoms with E-state index in [9.17, 15) is 0 Å². The molecule has 0 unspecified atom stereocenters. The van der Waals surface area contributed by atoms with Crippen molar-refractivity contribution in [2.24, 2.45) is 0 Å². The number of aromatic nitrogens is 6. The number of aryl methyl sites for hydroxylation is 4. The largest absolute Gasteiger partial charge is 0.269 e. The summed E-state index contributed by atoms with van der Waals surface area (Å²) in [6.07, 6.45) is 5.36. The molecular formula is C22H20N6. The van der Waals surface area contributed by atoms with Crippen LogP contribution in [0.25, 0.3) is 22.4 Å². The zero-order valence-corrected chi connectivity index (χ0v) is 15.9. The van der Waals surface area contributed by atoms with Crippen LogP contribution in [-0.2, 0) is 12.8 Å². The summed E-state index contributed by atoms with van der Waals surface area (Å²) in [7, 11) is 0. The molecule has 2 aromatic carbocycles. The van der Waals surface area contributed by atoms with Gasteiger partial charge in [0.1, 0.15) is 12.2 Å². The van der Waals surface area contributed by atoms with Crippen molar-refractivity contribution >= 4 is 16.7 Å². The van der Waals surface area contributed by atoms with Gasteiger partial charge in [0, 0.05) is 6.42 Å². The Morgan fingerprint density at radius 1 is 0.893 bits per heavy atom. The molecule has 0 aliphatic carbocycles. The first-order chi connectivity index (χ1) is 13.7. The highest BCUT2D eigenvalue weighted by Gasteiger charge is 2.15. The van der Waals surface area contributed by atoms with Gasteiger partial charge in [-0.25, -0.2) is 9.67 Å². The van der Waals surface area contributed by atoms with Crippen LogP contribution in [0.15, 0.2) is 61.1 Å². The SMILES string of the molecule is Cc1ccc(-n2ncc3c2ncn2c(CCc4ccccc4)nnc32)c(C)c1. The molecule has 5 aromatic rings. The monoisotopic (exact) mass is 368 g/mol. The van der Waals surface area contributed by atoms with Gasteiger partial charge >= 0.3 is 0 Å². The number of rotatable bonds is 4. The van der Waals surface area contributed by atoms with Crippen LogP contribution in [0.4, 0.5) is 0 Å². The van der Waals surface area contributed by atoms with E-state index in [-0.39, 0.29) is 0 Å². The first-order valence-electron chi connectivity index (χ1n) is 9.38. The third-order valence-corrected chi connectivity index (χ3v) is 5.11. The Kier molecular flexibility index (Phi) is 3.90. The Morgan fingerprint density at radius 3 is 2.57 bits per heavy atom. The second-order valence-corrected chi connectivity index (χ2v) is 7.12. The van der Waals surface area contributed by atoms with Crippen molar-refractivity contribution in [3.05, 3.63) is 83.6 Å². The van der Waals surface area contributed by atoms with E-state index in [0.717, 1.165) is 46.6 Å². The van der Waals surface area contributed by atoms with Gasteiger partial charge in [0.15, 0.2) is 11.3 Å². The van der Waals surface area contributed by atoms with Crippen LogP contribution in [0.3, 0.4) is 0 Å². The minimum atomic E-state index is 0.793. The maximum atomic E-state index is 4.68. The van der Waals surface area contributed by atoms with E-state index in [4.69, 9.17) is 0 Å². The number of nitrogens with zero attached hydrogens (tertiary/aromatic N) is 6. The Labute approximate surface area is 162 Å². The first-order valence-corrected chi connectivity index (χ1v) is 9.38. The van der Waals surface area contributed by atoms with Crippen molar-refractivity contribution in [3.63, 3.8) is 0 Å². The lowest BCUT2D eigenvalue weighted by molar-refractivity contribution is 0.830. The van der Waals surface area contributed by atoms with Crippen LogP contribution in [0.1, 0.15) is 22.5 Å². The van der Waals surface area contributed by atoms with Gasteiger partial charge in [-0.3, -0.25) is 4.40 Å². The van der Waals surface area contributed by atoms with Gasteiger partial charge in [-0.05, 0) is 37.5 Å². The zero-order valence-electron chi connectivity index (χ0n) is 15.9. The molecular weight excluding hydrogens is 348 g/mol. The fourth-order valence-electron chi connectivity index (χ4n) is 3.66. The van der Waals surface area contributed by atoms with Crippen LogP contribution in [0.5, 0.6) is 0 Å². The van der Waals surface area contributed by atoms with E-state index < -0.39 is 0 Å². The second-order valence-electron chi connectivity index (χ2n) is 7.12. The van der Waals surface area contributed by atoms with E-state index in [1.165, 1.54) is 11.1 Å². The summed E-state index contributed by atoms with van der Waals surface area (Å²) in [5.74, 6) is 0.910. The van der Waals surface area contributed by atoms with Crippen LogP contribution < -0.4 is 0 Å². The highest BCUT2D eigenvalue weighted by atomic mass is 15.3. The third kappa shape index (κ3) is 2.74. The lowest BCUT2D eigenvalue weighted by Crippen LogP contribution is -2.02. The highest BCUT2D eigenvalue weighted by molar-refractivity contribution is 5.89. The maximum absolute atomic E-state index is 4.68. The average molecular weight is 368 g/mol. The summed E-state index contributed by atoms with van der Waals surface area (Å²) < 4.78 is 3.85. The van der Waals surface area contributed by atoms with Gasteiger partial charge in [0.2, 0.25) is 0 Å². The number of fused-ring (bicyclic) bond motifs is 3. The fourth-order valence-corrected chi connectivity index (χ4v) is 3.66. The van der Waals surface area contributed by atoms with Crippen LogP contribution in [0.2, 0.25) is 0 Å². The molecule has 0 aliphatic heterocycles. The molecule has 3 heterocycles. The lowest BCUT2D eigenvalue weighted by atomic mass is 10.1. The average Bonchev–Trinajstić information content (AvgIpc) is 3.31. The van der Waals surface area contributed by atoms with Gasteiger partial charge < -0.3 is 0 Å². The Bertz CT molecular complexity index is 1280. The third-order valence-electron chi connectivity index (χ3n) is 5.11. The van der Waals surface area contributed by atoms with Crippen molar-refractivity contribution in [1.29, 1.82) is 0 Å². The Morgan fingerprint density at radius 2 is 1.75 bits per heavy atom. The van der Waals surface area contributed by atoms with Crippen molar-refractivity contribution in [3.8, 4) is 5.69 Å². The molecule has 6 heteroatoms. The molecule has 0 bridgehead atoms. The van der Waals surface area contributed by atoms with Crippen LogP contribution in [-0.4, -0.2) is 29.4 Å². The number of hydrogen-bond acceptors (Lipinski definition) is 4. The second kappa shape index (κ2) is 6.56. The topological polar surface area (TPSA) is 60.9 Å². The summed E-state index contributed by atoms with van der Waals surface area (Å²) in [6.45, 7) is 4.18. The van der Waals surface area contributed by atoms with Crippen molar-refractivity contribution in [1.82, 2.24) is 29.4 Å². The molecule has 5 rings (SSSR count). The Balaban J connectivity index is 1.54. The lowest BCUT2D eigenvalue weighted by Gasteiger charge is -2.08. The van der Waals surface area contributed by atoms with Crippen LogP contribution >= 0.6 is 0 Å². The maximum Gasteiger partial charge on any atom is 0.174 e. The smallest absolute Gasteiger partial charge is 0.174 e. The minimum Gasteiger partial charge on any atom is -0.269 e. The molecule has 0 spiro atoms. The summed E-state index contributed by atoms with van der Waals surface area (Å²) in [5, 5.41) is 14.3. The van der Waals surface area contributed by atoms with Gasteiger partial charge in [-0.15, -0.1) is 10.2 Å². The summed E-state index contributed by atoms with van der Waals surface area (Å²) in [6, 6.07) is 16.7. The number of hydrogen-bond donors (Lipinski definition) is 0. The zero-order chi connectivity index (χ0) is 19.1. The van der Waals surface area contributed by atoms with Crippen LogP contribution in [0, 0.1) is 13.8 Å². The van der Waals surface area contributed by atoms with E-state index >= 15 is 0 Å². The molecule has 28 heavy (non-hydrogen) atoms. The molecule has 0 saturated heterocycles. The molecule has 0 N–H and O–H groups in total. The molecule has 138 valence electrons. The molecule has 0 atom stereocenters. The van der Waals surface area contributed by atoms with Gasteiger partial charge in [0.25, 0.3) is 0 Å². The molecule has 6 nitrogen and oxygen atoms in total. The van der Waals surface area contributed by atoms with E-state index in [1.807, 2.05) is 21.3 Å². The predicted molar refractivity (Wildman–Crippen MR) is 109 cm³/mol. The van der Waals surface area contributed by atoms with Crippen molar-refractivity contribution in [2.75, 3.05) is 0 Å². The Hall–Kier alpha value is -3.54. The normalized spacial score (nSPS) is 11.5. The molecule has 0 radical (unpaired) electrons. The van der Waals surface area contributed by atoms with Crippen molar-refractivity contribution < 1.29 is 0 Å². The summed E-state index contributed by atoms with van der Waals surface area (Å²) in [4.78, 5) is 4.68. The van der Waals surface area contributed by atoms with E-state index in [1.54, 1.807) is 6.33 Å². The predicted octanol–water partition coefficient (Wildman–Crippen LogP) is 3.87. The standard InChI is InChI=1S/C22H20N6/c1-15-8-10-19(16(2)12-15)28-21-18(13-24-28)22-26-25-20(27(22)14-23-21)11-9-17-6-4-3-5-7-17/h3-8,10,12-14H,9,11H2,1-2H3. The molecule has 0 fully saturated rings. The summed E-state index contributed by atoms with van der Waals surface area (Å²) >= 11 is 0. The molecule has 0 aliphatic rings. The van der Waals surface area contributed by atoms with E-state index in [2.05, 4.69) is 76.6 Å². The quantitative estimate of drug-likeness (QED) is 0.483. The van der Waals surface area contributed by atoms with Gasteiger partial charge in [-0.2, -0.15) is 5.10 Å². The highest BCUT2D eigenvalue weighted by Crippen LogP contribution is 2.23. The summed E-state index contributed by atoms with van der Waals surface area (Å²) in [5.41, 5.74) is 6.30. The fraction of sp³-hybridized carbons (Fsp3) is 0.182.